The molecule has 7 heteroatoms. The number of hydrogen-bond acceptors (Lipinski definition) is 4. The third-order valence-electron chi connectivity index (χ3n) is 4.03. The standard InChI is InChI=1S/C18H21N3O4/c1-11(12-6-4-3-5-7-12)25-15-8-14(21-16(15)18(23)19-2)17(22)20-13-9-24-10-13/h3-8,11,13,21H,9-10H2,1-2H3,(H,19,23)(H,20,22)/t11-/m1/s1. The molecule has 1 aliphatic heterocycles. The first-order chi connectivity index (χ1) is 12.1. The van der Waals surface area contributed by atoms with Crippen molar-refractivity contribution in [2.24, 2.45) is 0 Å². The molecule has 25 heavy (non-hydrogen) atoms. The van der Waals surface area contributed by atoms with E-state index < -0.39 is 0 Å². The highest BCUT2D eigenvalue weighted by Gasteiger charge is 2.25. The molecule has 7 nitrogen and oxygen atoms in total. The van der Waals surface area contributed by atoms with Gasteiger partial charge in [-0.3, -0.25) is 9.59 Å². The third-order valence-corrected chi connectivity index (χ3v) is 4.03. The highest BCUT2D eigenvalue weighted by molar-refractivity contribution is 5.99. The Morgan fingerprint density at radius 2 is 1.96 bits per heavy atom. The number of aromatic amines is 1. The first kappa shape index (κ1) is 17.0. The van der Waals surface area contributed by atoms with Crippen LogP contribution in [0.5, 0.6) is 5.75 Å². The molecule has 1 fully saturated rings. The van der Waals surface area contributed by atoms with Crippen LogP contribution in [0.4, 0.5) is 0 Å². The molecule has 1 saturated heterocycles. The summed E-state index contributed by atoms with van der Waals surface area (Å²) in [7, 11) is 1.53. The van der Waals surface area contributed by atoms with E-state index in [0.717, 1.165) is 5.56 Å². The molecule has 0 spiro atoms. The number of hydrogen-bond donors (Lipinski definition) is 3. The van der Waals surface area contributed by atoms with Gasteiger partial charge >= 0.3 is 0 Å². The SMILES string of the molecule is CNC(=O)c1[nH]c(C(=O)NC2COC2)cc1O[C@H](C)c1ccccc1. The van der Waals surface area contributed by atoms with Crippen molar-refractivity contribution in [3.05, 3.63) is 53.3 Å². The van der Waals surface area contributed by atoms with Crippen LogP contribution in [0.25, 0.3) is 0 Å². The van der Waals surface area contributed by atoms with Crippen LogP contribution >= 0.6 is 0 Å². The fraction of sp³-hybridized carbons (Fsp3) is 0.333. The van der Waals surface area contributed by atoms with E-state index in [1.807, 2.05) is 37.3 Å². The summed E-state index contributed by atoms with van der Waals surface area (Å²) in [6.45, 7) is 2.90. The molecule has 2 heterocycles. The Kier molecular flexibility index (Phi) is 5.04. The number of rotatable bonds is 6. The molecule has 0 saturated carbocycles. The van der Waals surface area contributed by atoms with Gasteiger partial charge in [0.1, 0.15) is 17.5 Å². The molecule has 1 aromatic carbocycles. The number of carbonyl (C=O) groups excluding carboxylic acids is 2. The molecular weight excluding hydrogens is 322 g/mol. The van der Waals surface area contributed by atoms with Gasteiger partial charge in [0, 0.05) is 13.1 Å². The Hall–Kier alpha value is -2.80. The second-order valence-corrected chi connectivity index (χ2v) is 5.88. The molecule has 2 aromatic rings. The van der Waals surface area contributed by atoms with Crippen LogP contribution in [0.1, 0.15) is 39.6 Å². The number of benzene rings is 1. The molecule has 132 valence electrons. The maximum atomic E-state index is 12.3. The Balaban J connectivity index is 1.80. The maximum Gasteiger partial charge on any atom is 0.271 e. The molecule has 1 atom stereocenters. The Morgan fingerprint density at radius 1 is 1.24 bits per heavy atom. The highest BCUT2D eigenvalue weighted by Crippen LogP contribution is 2.26. The molecular formula is C18H21N3O4. The molecule has 3 rings (SSSR count). The van der Waals surface area contributed by atoms with Crippen molar-refractivity contribution in [3.8, 4) is 5.75 Å². The summed E-state index contributed by atoms with van der Waals surface area (Å²) in [5.74, 6) is -0.298. The summed E-state index contributed by atoms with van der Waals surface area (Å²) in [6, 6.07) is 11.2. The average Bonchev–Trinajstić information content (AvgIpc) is 3.02. The largest absolute Gasteiger partial charge is 0.484 e. The minimum atomic E-state index is -0.346. The van der Waals surface area contributed by atoms with Gasteiger partial charge in [-0.05, 0) is 12.5 Å². The Morgan fingerprint density at radius 3 is 2.56 bits per heavy atom. The molecule has 0 radical (unpaired) electrons. The molecule has 3 N–H and O–H groups in total. The van der Waals surface area contributed by atoms with E-state index in [0.29, 0.717) is 19.0 Å². The van der Waals surface area contributed by atoms with Gasteiger partial charge in [0.25, 0.3) is 11.8 Å². The van der Waals surface area contributed by atoms with Crippen molar-refractivity contribution in [2.75, 3.05) is 20.3 Å². The summed E-state index contributed by atoms with van der Waals surface area (Å²) in [4.78, 5) is 27.3. The van der Waals surface area contributed by atoms with Gasteiger partial charge in [0.2, 0.25) is 0 Å². The predicted molar refractivity (Wildman–Crippen MR) is 91.7 cm³/mol. The van der Waals surface area contributed by atoms with Gasteiger partial charge in [-0.2, -0.15) is 0 Å². The lowest BCUT2D eigenvalue weighted by Crippen LogP contribution is -2.48. The maximum absolute atomic E-state index is 12.3. The van der Waals surface area contributed by atoms with E-state index in [-0.39, 0.29) is 35.3 Å². The van der Waals surface area contributed by atoms with Gasteiger partial charge < -0.3 is 25.1 Å². The highest BCUT2D eigenvalue weighted by atomic mass is 16.5. The summed E-state index contributed by atoms with van der Waals surface area (Å²) in [6.07, 6.45) is -0.267. The van der Waals surface area contributed by atoms with E-state index in [1.165, 1.54) is 7.05 Å². The van der Waals surface area contributed by atoms with E-state index in [4.69, 9.17) is 9.47 Å². The van der Waals surface area contributed by atoms with E-state index in [9.17, 15) is 9.59 Å². The van der Waals surface area contributed by atoms with Crippen LogP contribution in [0.15, 0.2) is 36.4 Å². The van der Waals surface area contributed by atoms with Crippen LogP contribution in [0.3, 0.4) is 0 Å². The normalized spacial score (nSPS) is 15.1. The number of nitrogens with one attached hydrogen (secondary N) is 3. The second kappa shape index (κ2) is 7.40. The van der Waals surface area contributed by atoms with Crippen LogP contribution in [0.2, 0.25) is 0 Å². The number of amides is 2. The summed E-state index contributed by atoms with van der Waals surface area (Å²) in [5.41, 5.74) is 1.48. The number of carbonyl (C=O) groups is 2. The summed E-state index contributed by atoms with van der Waals surface area (Å²) in [5, 5.41) is 5.38. The number of ether oxygens (including phenoxy) is 2. The quantitative estimate of drug-likeness (QED) is 0.743. The van der Waals surface area contributed by atoms with Crippen molar-refractivity contribution in [3.63, 3.8) is 0 Å². The van der Waals surface area contributed by atoms with Crippen molar-refractivity contribution in [1.29, 1.82) is 0 Å². The second-order valence-electron chi connectivity index (χ2n) is 5.88. The van der Waals surface area contributed by atoms with Crippen LogP contribution < -0.4 is 15.4 Å². The van der Waals surface area contributed by atoms with E-state index in [1.54, 1.807) is 6.07 Å². The monoisotopic (exact) mass is 343 g/mol. The van der Waals surface area contributed by atoms with Crippen LogP contribution in [-0.4, -0.2) is 43.1 Å². The van der Waals surface area contributed by atoms with Crippen molar-refractivity contribution >= 4 is 11.8 Å². The first-order valence-electron chi connectivity index (χ1n) is 8.13. The zero-order chi connectivity index (χ0) is 17.8. The Bertz CT molecular complexity index is 753. The van der Waals surface area contributed by atoms with Crippen molar-refractivity contribution in [1.82, 2.24) is 15.6 Å². The topological polar surface area (TPSA) is 92.5 Å². The molecule has 0 bridgehead atoms. The zero-order valence-electron chi connectivity index (χ0n) is 14.2. The number of H-pyrrole nitrogens is 1. The minimum absolute atomic E-state index is 0.00635. The first-order valence-corrected chi connectivity index (χ1v) is 8.13. The van der Waals surface area contributed by atoms with Gasteiger partial charge in [-0.1, -0.05) is 30.3 Å². The fourth-order valence-electron chi connectivity index (χ4n) is 2.51. The van der Waals surface area contributed by atoms with Crippen LogP contribution in [-0.2, 0) is 4.74 Å². The minimum Gasteiger partial charge on any atom is -0.484 e. The zero-order valence-corrected chi connectivity index (χ0v) is 14.2. The summed E-state index contributed by atoms with van der Waals surface area (Å²) >= 11 is 0. The van der Waals surface area contributed by atoms with Gasteiger partial charge in [-0.25, -0.2) is 0 Å². The lowest BCUT2D eigenvalue weighted by Gasteiger charge is -2.26. The molecule has 0 unspecified atom stereocenters. The van der Waals surface area contributed by atoms with Gasteiger partial charge in [0.15, 0.2) is 5.75 Å². The lowest BCUT2D eigenvalue weighted by molar-refractivity contribution is -0.00354. The van der Waals surface area contributed by atoms with Gasteiger partial charge in [-0.15, -0.1) is 0 Å². The average molecular weight is 343 g/mol. The molecule has 2 amide bonds. The van der Waals surface area contributed by atoms with Crippen molar-refractivity contribution < 1.29 is 19.1 Å². The van der Waals surface area contributed by atoms with Gasteiger partial charge in [0.05, 0.1) is 19.3 Å². The smallest absolute Gasteiger partial charge is 0.271 e. The number of aromatic nitrogens is 1. The fourth-order valence-corrected chi connectivity index (χ4v) is 2.51. The third kappa shape index (κ3) is 3.83. The van der Waals surface area contributed by atoms with E-state index in [2.05, 4.69) is 15.6 Å². The van der Waals surface area contributed by atoms with Crippen molar-refractivity contribution in [2.45, 2.75) is 19.1 Å². The van der Waals surface area contributed by atoms with E-state index >= 15 is 0 Å². The Labute approximate surface area is 145 Å². The predicted octanol–water partition coefficient (Wildman–Crippen LogP) is 1.64. The molecule has 1 aliphatic rings. The lowest BCUT2D eigenvalue weighted by atomic mass is 10.1. The van der Waals surface area contributed by atoms with Crippen LogP contribution in [0, 0.1) is 0 Å². The molecule has 0 aliphatic carbocycles. The summed E-state index contributed by atoms with van der Waals surface area (Å²) < 4.78 is 11.0. The molecule has 1 aromatic heterocycles.